The van der Waals surface area contributed by atoms with Crippen LogP contribution in [0.4, 0.5) is 10.1 Å². The van der Waals surface area contributed by atoms with Crippen LogP contribution in [-0.2, 0) is 4.79 Å². The van der Waals surface area contributed by atoms with Crippen LogP contribution < -0.4 is 5.32 Å². The van der Waals surface area contributed by atoms with Gasteiger partial charge in [0.05, 0.1) is 11.0 Å². The molecule has 0 fully saturated rings. The molecule has 0 saturated carbocycles. The molecule has 21 heavy (non-hydrogen) atoms. The second-order valence-electron chi connectivity index (χ2n) is 4.06. The number of halogens is 1. The van der Waals surface area contributed by atoms with Crippen molar-refractivity contribution in [1.29, 1.82) is 0 Å². The van der Waals surface area contributed by atoms with Crippen molar-refractivity contribution in [3.05, 3.63) is 39.7 Å². The van der Waals surface area contributed by atoms with E-state index >= 15 is 0 Å². The third kappa shape index (κ3) is 4.71. The van der Waals surface area contributed by atoms with Gasteiger partial charge < -0.3 is 10.4 Å². The zero-order chi connectivity index (χ0) is 16.0. The summed E-state index contributed by atoms with van der Waals surface area (Å²) in [5.74, 6) is -2.50. The number of amides is 1. The summed E-state index contributed by atoms with van der Waals surface area (Å²) in [5, 5.41) is 22.0. The number of hydrogen-bond acceptors (Lipinski definition) is 5. The Hall–Kier alpha value is -2.16. The fraction of sp³-hybridized carbons (Fsp3) is 0.333. The van der Waals surface area contributed by atoms with Crippen molar-refractivity contribution in [3.8, 4) is 0 Å². The lowest BCUT2D eigenvalue weighted by atomic mass is 10.1. The highest BCUT2D eigenvalue weighted by Crippen LogP contribution is 2.20. The molecule has 0 heterocycles. The fourth-order valence-electron chi connectivity index (χ4n) is 1.58. The van der Waals surface area contributed by atoms with Crippen molar-refractivity contribution in [1.82, 2.24) is 5.32 Å². The Morgan fingerprint density at radius 2 is 2.19 bits per heavy atom. The Morgan fingerprint density at radius 3 is 2.71 bits per heavy atom. The molecule has 9 heteroatoms. The molecule has 0 spiro atoms. The molecule has 0 radical (unpaired) electrons. The number of thioether (sulfide) groups is 1. The number of nitrogens with one attached hydrogen (secondary N) is 1. The van der Waals surface area contributed by atoms with E-state index in [-0.39, 0.29) is 12.0 Å². The van der Waals surface area contributed by atoms with Crippen LogP contribution in [0, 0.1) is 15.9 Å². The molecule has 0 aliphatic carbocycles. The molecular formula is C12H13FN2O5S. The average Bonchev–Trinajstić information content (AvgIpc) is 2.42. The van der Waals surface area contributed by atoms with Crippen LogP contribution in [0.3, 0.4) is 0 Å². The Bertz CT molecular complexity index is 567. The van der Waals surface area contributed by atoms with Gasteiger partial charge in [-0.1, -0.05) is 0 Å². The van der Waals surface area contributed by atoms with Crippen LogP contribution in [0.25, 0.3) is 0 Å². The molecule has 114 valence electrons. The lowest BCUT2D eigenvalue weighted by molar-refractivity contribution is -0.385. The molecule has 1 unspecified atom stereocenters. The molecule has 0 aliphatic heterocycles. The number of carboxylic acids is 1. The number of aliphatic carboxylic acids is 1. The molecular weight excluding hydrogens is 303 g/mol. The van der Waals surface area contributed by atoms with Crippen LogP contribution in [0.2, 0.25) is 0 Å². The molecule has 0 saturated heterocycles. The van der Waals surface area contributed by atoms with E-state index in [4.69, 9.17) is 5.11 Å². The van der Waals surface area contributed by atoms with Crippen molar-refractivity contribution < 1.29 is 24.0 Å². The van der Waals surface area contributed by atoms with Crippen molar-refractivity contribution in [2.75, 3.05) is 12.0 Å². The van der Waals surface area contributed by atoms with Gasteiger partial charge in [0.15, 0.2) is 0 Å². The smallest absolute Gasteiger partial charge is 0.326 e. The summed E-state index contributed by atoms with van der Waals surface area (Å²) >= 11 is 1.41. The monoisotopic (exact) mass is 316 g/mol. The normalized spacial score (nSPS) is 11.7. The quantitative estimate of drug-likeness (QED) is 0.585. The van der Waals surface area contributed by atoms with E-state index in [0.717, 1.165) is 12.1 Å². The van der Waals surface area contributed by atoms with Crippen LogP contribution in [0.5, 0.6) is 0 Å². The first-order chi connectivity index (χ1) is 9.86. The summed E-state index contributed by atoms with van der Waals surface area (Å²) in [6, 6.07) is 1.32. The minimum atomic E-state index is -1.23. The highest BCUT2D eigenvalue weighted by molar-refractivity contribution is 7.98. The Kier molecular flexibility index (Phi) is 6.10. The number of rotatable bonds is 7. The summed E-state index contributed by atoms with van der Waals surface area (Å²) in [6.45, 7) is 0. The van der Waals surface area contributed by atoms with Gasteiger partial charge in [0.25, 0.3) is 11.6 Å². The molecule has 1 rings (SSSR count). The highest BCUT2D eigenvalue weighted by Gasteiger charge is 2.25. The number of hydrogen-bond donors (Lipinski definition) is 2. The van der Waals surface area contributed by atoms with Crippen molar-refractivity contribution in [2.24, 2.45) is 0 Å². The summed E-state index contributed by atoms with van der Waals surface area (Å²) in [7, 11) is 0. The van der Waals surface area contributed by atoms with Gasteiger partial charge in [-0.3, -0.25) is 14.9 Å². The maximum Gasteiger partial charge on any atom is 0.326 e. The lowest BCUT2D eigenvalue weighted by Gasteiger charge is -2.14. The zero-order valence-electron chi connectivity index (χ0n) is 11.0. The van der Waals surface area contributed by atoms with Crippen LogP contribution >= 0.6 is 11.8 Å². The molecule has 1 aromatic rings. The molecule has 0 aromatic heterocycles. The van der Waals surface area contributed by atoms with E-state index in [1.807, 2.05) is 0 Å². The predicted octanol–water partition coefficient (Wildman–Crippen LogP) is 1.67. The van der Waals surface area contributed by atoms with Crippen molar-refractivity contribution in [2.45, 2.75) is 12.5 Å². The fourth-order valence-corrected chi connectivity index (χ4v) is 2.05. The minimum absolute atomic E-state index is 0.178. The number of nitrogens with zero attached hydrogens (tertiary/aromatic N) is 1. The standard InChI is InChI=1S/C12H13FN2O5S/c1-21-5-4-9(12(17)18)14-11(16)8-3-2-7(13)6-10(8)15(19)20/h2-3,6,9H,4-5H2,1H3,(H,14,16)(H,17,18). The van der Waals surface area contributed by atoms with Gasteiger partial charge in [-0.25, -0.2) is 9.18 Å². The van der Waals surface area contributed by atoms with Gasteiger partial charge in [0, 0.05) is 0 Å². The van der Waals surface area contributed by atoms with Gasteiger partial charge in [-0.05, 0) is 30.6 Å². The summed E-state index contributed by atoms with van der Waals surface area (Å²) in [5.41, 5.74) is -1.08. The topological polar surface area (TPSA) is 110 Å². The Labute approximate surface area is 123 Å². The molecule has 2 N–H and O–H groups in total. The first-order valence-corrected chi connectivity index (χ1v) is 7.22. The van der Waals surface area contributed by atoms with Crippen LogP contribution in [-0.4, -0.2) is 40.0 Å². The molecule has 1 amide bonds. The second-order valence-corrected chi connectivity index (χ2v) is 5.05. The van der Waals surface area contributed by atoms with E-state index < -0.39 is 34.3 Å². The molecule has 1 atom stereocenters. The van der Waals surface area contributed by atoms with Crippen LogP contribution in [0.1, 0.15) is 16.8 Å². The van der Waals surface area contributed by atoms with Gasteiger partial charge in [-0.15, -0.1) is 0 Å². The maximum atomic E-state index is 13.0. The first-order valence-electron chi connectivity index (χ1n) is 5.83. The number of carboxylic acid groups (broad SMARTS) is 1. The number of carbonyl (C=O) groups is 2. The Balaban J connectivity index is 2.97. The molecule has 7 nitrogen and oxygen atoms in total. The second kappa shape index (κ2) is 7.58. The van der Waals surface area contributed by atoms with E-state index in [1.165, 1.54) is 11.8 Å². The van der Waals surface area contributed by atoms with E-state index in [1.54, 1.807) is 6.26 Å². The number of nitro benzene ring substituents is 1. The summed E-state index contributed by atoms with van der Waals surface area (Å²) in [6.07, 6.45) is 1.96. The summed E-state index contributed by atoms with van der Waals surface area (Å²) < 4.78 is 13.0. The van der Waals surface area contributed by atoms with Gasteiger partial charge in [0.1, 0.15) is 17.4 Å². The number of benzene rings is 1. The first kappa shape index (κ1) is 16.9. The number of nitro groups is 1. The summed E-state index contributed by atoms with van der Waals surface area (Å²) in [4.78, 5) is 32.9. The maximum absolute atomic E-state index is 13.0. The SMILES string of the molecule is CSCCC(NC(=O)c1ccc(F)cc1[N+](=O)[O-])C(=O)O. The highest BCUT2D eigenvalue weighted by atomic mass is 32.2. The minimum Gasteiger partial charge on any atom is -0.480 e. The van der Waals surface area contributed by atoms with E-state index in [2.05, 4.69) is 5.32 Å². The van der Waals surface area contributed by atoms with Crippen LogP contribution in [0.15, 0.2) is 18.2 Å². The molecule has 1 aromatic carbocycles. The third-order valence-corrected chi connectivity index (χ3v) is 3.26. The molecule has 0 aliphatic rings. The van der Waals surface area contributed by atoms with E-state index in [0.29, 0.717) is 11.8 Å². The van der Waals surface area contributed by atoms with Gasteiger partial charge in [0.2, 0.25) is 0 Å². The van der Waals surface area contributed by atoms with Crippen molar-refractivity contribution in [3.63, 3.8) is 0 Å². The number of carbonyl (C=O) groups excluding carboxylic acids is 1. The average molecular weight is 316 g/mol. The van der Waals surface area contributed by atoms with Gasteiger partial charge in [-0.2, -0.15) is 11.8 Å². The Morgan fingerprint density at radius 1 is 1.52 bits per heavy atom. The van der Waals surface area contributed by atoms with Gasteiger partial charge >= 0.3 is 5.97 Å². The lowest BCUT2D eigenvalue weighted by Crippen LogP contribution is -2.41. The van der Waals surface area contributed by atoms with Crippen molar-refractivity contribution >= 4 is 29.3 Å². The predicted molar refractivity (Wildman–Crippen MR) is 74.9 cm³/mol. The third-order valence-electron chi connectivity index (χ3n) is 2.62. The zero-order valence-corrected chi connectivity index (χ0v) is 11.9. The van der Waals surface area contributed by atoms with E-state index in [9.17, 15) is 24.1 Å². The molecule has 0 bridgehead atoms. The largest absolute Gasteiger partial charge is 0.480 e.